The molecule has 0 unspecified atom stereocenters. The number of hydrogen-bond acceptors (Lipinski definition) is 3. The van der Waals surface area contributed by atoms with Gasteiger partial charge in [0.2, 0.25) is 0 Å². The molecule has 0 aromatic heterocycles. The molecule has 0 radical (unpaired) electrons. The third-order valence-electron chi connectivity index (χ3n) is 1.49. The Labute approximate surface area is 72.1 Å². The van der Waals surface area contributed by atoms with Gasteiger partial charge >= 0.3 is 6.09 Å². The van der Waals surface area contributed by atoms with Gasteiger partial charge in [-0.1, -0.05) is 0 Å². The van der Waals surface area contributed by atoms with Crippen LogP contribution in [-0.4, -0.2) is 32.3 Å². The van der Waals surface area contributed by atoms with Crippen LogP contribution in [0.2, 0.25) is 0 Å². The molecule has 1 amide bonds. The summed E-state index contributed by atoms with van der Waals surface area (Å²) in [5.74, 6) is 0. The van der Waals surface area contributed by atoms with Crippen LogP contribution < -0.4 is 10.6 Å². The highest BCUT2D eigenvalue weighted by atomic mass is 35.5. The van der Waals surface area contributed by atoms with Crippen LogP contribution in [-0.2, 0) is 4.74 Å². The summed E-state index contributed by atoms with van der Waals surface area (Å²) in [6.45, 7) is 1.73. The first-order valence-corrected chi connectivity index (χ1v) is 3.42. The summed E-state index contributed by atoms with van der Waals surface area (Å²) in [6, 6.07) is 0. The second-order valence-electron chi connectivity index (χ2n) is 2.27. The fourth-order valence-corrected chi connectivity index (χ4v) is 0.939. The van der Waals surface area contributed by atoms with Crippen LogP contribution in [0.3, 0.4) is 0 Å². The minimum Gasteiger partial charge on any atom is -0.445 e. The fraction of sp³-hybridized carbons (Fsp3) is 0.833. The Morgan fingerprint density at radius 3 is 2.91 bits per heavy atom. The predicted octanol–water partition coefficient (Wildman–Crippen LogP) is 0.126. The van der Waals surface area contributed by atoms with E-state index in [1.807, 2.05) is 0 Å². The van der Waals surface area contributed by atoms with E-state index < -0.39 is 0 Å². The zero-order valence-electron chi connectivity index (χ0n) is 6.42. The van der Waals surface area contributed by atoms with Crippen molar-refractivity contribution in [1.82, 2.24) is 10.6 Å². The number of carbonyl (C=O) groups is 1. The number of halogens is 1. The molecule has 0 aromatic rings. The topological polar surface area (TPSA) is 50.4 Å². The number of alkyl carbamates (subject to hydrolysis) is 1. The summed E-state index contributed by atoms with van der Waals surface area (Å²) in [4.78, 5) is 10.6. The molecule has 1 aliphatic heterocycles. The molecule has 1 aliphatic rings. The van der Waals surface area contributed by atoms with Crippen LogP contribution in [0.5, 0.6) is 0 Å². The second kappa shape index (κ2) is 5.21. The smallest absolute Gasteiger partial charge is 0.407 e. The summed E-state index contributed by atoms with van der Waals surface area (Å²) >= 11 is 0. The summed E-state index contributed by atoms with van der Waals surface area (Å²) in [5, 5.41) is 5.50. The first kappa shape index (κ1) is 10.5. The molecule has 11 heavy (non-hydrogen) atoms. The summed E-state index contributed by atoms with van der Waals surface area (Å²) in [7, 11) is 1.56. The molecular weight excluding hydrogens is 168 g/mol. The van der Waals surface area contributed by atoms with E-state index in [1.165, 1.54) is 0 Å². The monoisotopic (exact) mass is 180 g/mol. The molecule has 66 valence electrons. The van der Waals surface area contributed by atoms with Crippen molar-refractivity contribution in [1.29, 1.82) is 0 Å². The van der Waals surface area contributed by atoms with E-state index in [0.717, 1.165) is 19.5 Å². The summed E-state index contributed by atoms with van der Waals surface area (Å²) in [5.41, 5.74) is 0. The first-order valence-electron chi connectivity index (χ1n) is 3.42. The second-order valence-corrected chi connectivity index (χ2v) is 2.27. The average Bonchev–Trinajstić information content (AvgIpc) is 2.40. The molecule has 1 fully saturated rings. The maximum Gasteiger partial charge on any atom is 0.407 e. The number of hydrogen-bond donors (Lipinski definition) is 2. The lowest BCUT2D eigenvalue weighted by Gasteiger charge is -2.08. The number of amides is 1. The standard InChI is InChI=1S/C6H12N2O2.ClH/c1-7-6(9)10-5-2-3-8-4-5;/h5,8H,2-4H2,1H3,(H,7,9);1H/t5-;/m1./s1. The SMILES string of the molecule is CNC(=O)O[C@@H]1CCNC1.Cl. The molecule has 0 saturated carbocycles. The van der Waals surface area contributed by atoms with E-state index in [9.17, 15) is 4.79 Å². The van der Waals surface area contributed by atoms with Gasteiger partial charge in [-0.15, -0.1) is 12.4 Å². The maximum absolute atomic E-state index is 10.6. The third kappa shape index (κ3) is 3.43. The molecule has 1 rings (SSSR count). The van der Waals surface area contributed by atoms with Crippen molar-refractivity contribution in [2.45, 2.75) is 12.5 Å². The van der Waals surface area contributed by atoms with Crippen molar-refractivity contribution in [2.24, 2.45) is 0 Å². The molecule has 1 saturated heterocycles. The van der Waals surface area contributed by atoms with Gasteiger partial charge in [0.05, 0.1) is 0 Å². The van der Waals surface area contributed by atoms with Crippen LogP contribution in [0.1, 0.15) is 6.42 Å². The molecule has 2 N–H and O–H groups in total. The highest BCUT2D eigenvalue weighted by Crippen LogP contribution is 2.02. The molecule has 1 heterocycles. The largest absolute Gasteiger partial charge is 0.445 e. The lowest BCUT2D eigenvalue weighted by Crippen LogP contribution is -2.27. The predicted molar refractivity (Wildman–Crippen MR) is 44.1 cm³/mol. The number of nitrogens with one attached hydrogen (secondary N) is 2. The number of carbonyl (C=O) groups excluding carboxylic acids is 1. The zero-order valence-corrected chi connectivity index (χ0v) is 7.24. The van der Waals surface area contributed by atoms with E-state index >= 15 is 0 Å². The van der Waals surface area contributed by atoms with Crippen LogP contribution in [0.25, 0.3) is 0 Å². The first-order chi connectivity index (χ1) is 4.83. The van der Waals surface area contributed by atoms with Crippen molar-refractivity contribution in [3.8, 4) is 0 Å². The van der Waals surface area contributed by atoms with E-state index in [4.69, 9.17) is 4.74 Å². The highest BCUT2D eigenvalue weighted by molar-refractivity contribution is 5.85. The van der Waals surface area contributed by atoms with E-state index in [2.05, 4.69) is 10.6 Å². The molecule has 5 heteroatoms. The molecule has 0 aromatic carbocycles. The Kier molecular flexibility index (Phi) is 4.98. The van der Waals surface area contributed by atoms with Crippen LogP contribution in [0.4, 0.5) is 4.79 Å². The molecule has 4 nitrogen and oxygen atoms in total. The lowest BCUT2D eigenvalue weighted by molar-refractivity contribution is 0.109. The third-order valence-corrected chi connectivity index (χ3v) is 1.49. The van der Waals surface area contributed by atoms with E-state index in [0.29, 0.717) is 0 Å². The van der Waals surface area contributed by atoms with Crippen molar-refractivity contribution < 1.29 is 9.53 Å². The number of rotatable bonds is 1. The highest BCUT2D eigenvalue weighted by Gasteiger charge is 2.17. The van der Waals surface area contributed by atoms with Gasteiger partial charge in [-0.25, -0.2) is 4.79 Å². The summed E-state index contributed by atoms with van der Waals surface area (Å²) < 4.78 is 4.95. The van der Waals surface area contributed by atoms with Gasteiger partial charge in [0.15, 0.2) is 0 Å². The molecule has 1 atom stereocenters. The van der Waals surface area contributed by atoms with E-state index in [-0.39, 0.29) is 24.6 Å². The maximum atomic E-state index is 10.6. The fourth-order valence-electron chi connectivity index (χ4n) is 0.939. The minimum atomic E-state index is -0.339. The Balaban J connectivity index is 0.000001000. The van der Waals surface area contributed by atoms with Gasteiger partial charge in [0, 0.05) is 13.6 Å². The lowest BCUT2D eigenvalue weighted by atomic mass is 10.3. The van der Waals surface area contributed by atoms with Gasteiger partial charge in [0.1, 0.15) is 6.10 Å². The quantitative estimate of drug-likeness (QED) is 0.603. The van der Waals surface area contributed by atoms with Gasteiger partial charge in [0.25, 0.3) is 0 Å². The minimum absolute atomic E-state index is 0. The van der Waals surface area contributed by atoms with E-state index in [1.54, 1.807) is 7.05 Å². The van der Waals surface area contributed by atoms with Gasteiger partial charge in [-0.2, -0.15) is 0 Å². The van der Waals surface area contributed by atoms with Gasteiger partial charge in [-0.05, 0) is 13.0 Å². The summed E-state index contributed by atoms with van der Waals surface area (Å²) in [6.07, 6.45) is 0.654. The number of ether oxygens (including phenoxy) is 1. The van der Waals surface area contributed by atoms with Crippen molar-refractivity contribution in [3.63, 3.8) is 0 Å². The molecule has 0 spiro atoms. The Bertz CT molecular complexity index is 126. The Morgan fingerprint density at radius 1 is 1.73 bits per heavy atom. The molecule has 0 bridgehead atoms. The van der Waals surface area contributed by atoms with Crippen LogP contribution in [0.15, 0.2) is 0 Å². The zero-order chi connectivity index (χ0) is 7.40. The molecular formula is C6H13ClN2O2. The van der Waals surface area contributed by atoms with Crippen LogP contribution in [0, 0.1) is 0 Å². The van der Waals surface area contributed by atoms with Crippen molar-refractivity contribution in [2.75, 3.05) is 20.1 Å². The normalized spacial score (nSPS) is 22.1. The van der Waals surface area contributed by atoms with Crippen LogP contribution >= 0.6 is 12.4 Å². The average molecular weight is 181 g/mol. The molecule has 0 aliphatic carbocycles. The van der Waals surface area contributed by atoms with Gasteiger partial charge < -0.3 is 15.4 Å². The van der Waals surface area contributed by atoms with Crippen molar-refractivity contribution >= 4 is 18.5 Å². The Hall–Kier alpha value is -0.480. The Morgan fingerprint density at radius 2 is 2.45 bits per heavy atom. The van der Waals surface area contributed by atoms with Crippen molar-refractivity contribution in [3.05, 3.63) is 0 Å². The van der Waals surface area contributed by atoms with Gasteiger partial charge in [-0.3, -0.25) is 0 Å².